The van der Waals surface area contributed by atoms with Crippen molar-refractivity contribution in [3.8, 4) is 12.2 Å². The Balaban J connectivity index is 3.39. The summed E-state index contributed by atoms with van der Waals surface area (Å²) >= 11 is 0. The number of hydrogen-bond donors (Lipinski definition) is 0. The van der Waals surface area contributed by atoms with Gasteiger partial charge in [-0.25, -0.2) is 0 Å². The van der Waals surface area contributed by atoms with Gasteiger partial charge in [-0.05, 0) is 20.8 Å². The molecular weight excluding hydrogens is 156 g/mol. The quantitative estimate of drug-likeness (QED) is 0.213. The summed E-state index contributed by atoms with van der Waals surface area (Å²) in [6.07, 6.45) is 6.12. The molecule has 0 aliphatic heterocycles. The standard InChI is InChI=1S/C9H14O3/c1-5-6-10-7-8-11-12-9(2,3)4/h5H,1,6H2,2-4H3. The SMILES string of the molecule is C=CCOC#COOC(C)(C)C. The van der Waals surface area contributed by atoms with E-state index in [1.807, 2.05) is 20.8 Å². The average Bonchev–Trinajstić information content (AvgIpc) is 1.94. The van der Waals surface area contributed by atoms with Crippen molar-refractivity contribution < 1.29 is 14.5 Å². The Bertz CT molecular complexity index is 180. The van der Waals surface area contributed by atoms with Crippen LogP contribution in [0.3, 0.4) is 0 Å². The minimum absolute atomic E-state index is 0.354. The maximum absolute atomic E-state index is 4.83. The van der Waals surface area contributed by atoms with Gasteiger partial charge in [0, 0.05) is 0 Å². The largest absolute Gasteiger partial charge is 0.440 e. The van der Waals surface area contributed by atoms with Crippen LogP contribution < -0.4 is 0 Å². The van der Waals surface area contributed by atoms with Crippen LogP contribution in [0.4, 0.5) is 0 Å². The van der Waals surface area contributed by atoms with Crippen molar-refractivity contribution in [1.82, 2.24) is 0 Å². The summed E-state index contributed by atoms with van der Waals surface area (Å²) in [5.74, 6) is 0. The third-order valence-corrected chi connectivity index (χ3v) is 0.648. The van der Waals surface area contributed by atoms with Crippen molar-refractivity contribution in [2.24, 2.45) is 0 Å². The van der Waals surface area contributed by atoms with Crippen LogP contribution in [0.1, 0.15) is 20.8 Å². The van der Waals surface area contributed by atoms with E-state index in [1.54, 1.807) is 6.08 Å². The molecule has 0 aromatic heterocycles. The molecule has 0 radical (unpaired) electrons. The first kappa shape index (κ1) is 10.9. The molecule has 0 bridgehead atoms. The van der Waals surface area contributed by atoms with E-state index in [2.05, 4.69) is 23.7 Å². The Morgan fingerprint density at radius 1 is 1.33 bits per heavy atom. The lowest BCUT2D eigenvalue weighted by atomic mass is 10.2. The fourth-order valence-electron chi connectivity index (χ4n) is 0.293. The minimum atomic E-state index is -0.354. The number of rotatable bonds is 3. The molecule has 0 unspecified atom stereocenters. The Kier molecular flexibility index (Phi) is 4.98. The second-order valence-electron chi connectivity index (χ2n) is 3.08. The topological polar surface area (TPSA) is 27.7 Å². The lowest BCUT2D eigenvalue weighted by molar-refractivity contribution is -0.300. The van der Waals surface area contributed by atoms with Gasteiger partial charge in [-0.2, -0.15) is 4.89 Å². The molecule has 0 N–H and O–H groups in total. The molecule has 0 aromatic carbocycles. The zero-order chi connectivity index (χ0) is 9.45. The summed E-state index contributed by atoms with van der Waals surface area (Å²) < 4.78 is 4.71. The summed E-state index contributed by atoms with van der Waals surface area (Å²) in [5.41, 5.74) is -0.354. The highest BCUT2D eigenvalue weighted by atomic mass is 17.2. The van der Waals surface area contributed by atoms with E-state index in [0.29, 0.717) is 6.61 Å². The lowest BCUT2D eigenvalue weighted by Gasteiger charge is -2.13. The third kappa shape index (κ3) is 8.86. The van der Waals surface area contributed by atoms with Gasteiger partial charge in [-0.15, -0.1) is 0 Å². The molecule has 0 heterocycles. The van der Waals surface area contributed by atoms with Crippen molar-refractivity contribution in [3.05, 3.63) is 12.7 Å². The fourth-order valence-corrected chi connectivity index (χ4v) is 0.293. The van der Waals surface area contributed by atoms with Crippen molar-refractivity contribution in [2.75, 3.05) is 6.61 Å². The normalized spacial score (nSPS) is 9.58. The van der Waals surface area contributed by atoms with Crippen LogP contribution in [0.5, 0.6) is 0 Å². The van der Waals surface area contributed by atoms with Crippen LogP contribution in [-0.4, -0.2) is 12.2 Å². The molecule has 0 spiro atoms. The molecule has 0 fully saturated rings. The second-order valence-corrected chi connectivity index (χ2v) is 3.08. The molecule has 0 rings (SSSR count). The third-order valence-electron chi connectivity index (χ3n) is 0.648. The van der Waals surface area contributed by atoms with E-state index < -0.39 is 0 Å². The van der Waals surface area contributed by atoms with E-state index in [-0.39, 0.29) is 5.60 Å². The van der Waals surface area contributed by atoms with Gasteiger partial charge in [-0.1, -0.05) is 12.7 Å². The highest BCUT2D eigenvalue weighted by Crippen LogP contribution is 2.05. The average molecular weight is 170 g/mol. The Labute approximate surface area is 73.2 Å². The molecule has 0 amide bonds. The van der Waals surface area contributed by atoms with Crippen LogP contribution in [0.25, 0.3) is 0 Å². The summed E-state index contributed by atoms with van der Waals surface area (Å²) in [5, 5.41) is 0. The van der Waals surface area contributed by atoms with Gasteiger partial charge >= 0.3 is 0 Å². The minimum Gasteiger partial charge on any atom is -0.440 e. The van der Waals surface area contributed by atoms with Crippen LogP contribution in [0.15, 0.2) is 12.7 Å². The van der Waals surface area contributed by atoms with E-state index in [4.69, 9.17) is 9.62 Å². The van der Waals surface area contributed by atoms with Crippen molar-refractivity contribution in [3.63, 3.8) is 0 Å². The van der Waals surface area contributed by atoms with Crippen LogP contribution >= 0.6 is 0 Å². The van der Waals surface area contributed by atoms with Crippen LogP contribution in [-0.2, 0) is 14.5 Å². The van der Waals surface area contributed by atoms with E-state index in [9.17, 15) is 0 Å². The van der Waals surface area contributed by atoms with Gasteiger partial charge in [0.2, 0.25) is 6.11 Å². The molecular formula is C9H14O3. The molecule has 0 aliphatic carbocycles. The van der Waals surface area contributed by atoms with Gasteiger partial charge in [0.25, 0.3) is 0 Å². The number of ether oxygens (including phenoxy) is 1. The van der Waals surface area contributed by atoms with Gasteiger partial charge in [-0.3, -0.25) is 4.89 Å². The van der Waals surface area contributed by atoms with E-state index in [1.165, 1.54) is 0 Å². The van der Waals surface area contributed by atoms with Crippen LogP contribution in [0, 0.1) is 12.2 Å². The Morgan fingerprint density at radius 2 is 2.00 bits per heavy atom. The molecule has 0 atom stereocenters. The van der Waals surface area contributed by atoms with Crippen molar-refractivity contribution in [1.29, 1.82) is 0 Å². The van der Waals surface area contributed by atoms with Gasteiger partial charge in [0.15, 0.2) is 6.11 Å². The zero-order valence-electron chi connectivity index (χ0n) is 7.72. The summed E-state index contributed by atoms with van der Waals surface area (Å²) in [4.78, 5) is 9.35. The molecule has 0 aromatic rings. The lowest BCUT2D eigenvalue weighted by Crippen LogP contribution is -2.17. The second kappa shape index (κ2) is 5.50. The summed E-state index contributed by atoms with van der Waals surface area (Å²) in [7, 11) is 0. The monoisotopic (exact) mass is 170 g/mol. The zero-order valence-corrected chi connectivity index (χ0v) is 7.72. The highest BCUT2D eigenvalue weighted by Gasteiger charge is 2.10. The Morgan fingerprint density at radius 3 is 2.50 bits per heavy atom. The molecule has 3 nitrogen and oxygen atoms in total. The molecule has 3 heteroatoms. The molecule has 0 saturated carbocycles. The maximum Gasteiger partial charge on any atom is 0.200 e. The molecule has 0 aliphatic rings. The summed E-state index contributed by atoms with van der Waals surface area (Å²) in [6.45, 7) is 9.41. The van der Waals surface area contributed by atoms with Crippen LogP contribution in [0.2, 0.25) is 0 Å². The first-order valence-electron chi connectivity index (χ1n) is 3.63. The number of hydrogen-bond acceptors (Lipinski definition) is 3. The highest BCUT2D eigenvalue weighted by molar-refractivity contribution is 4.81. The first-order chi connectivity index (χ1) is 5.56. The van der Waals surface area contributed by atoms with Gasteiger partial charge < -0.3 is 4.74 Å². The maximum atomic E-state index is 4.83. The Hall–Kier alpha value is -1.14. The van der Waals surface area contributed by atoms with Crippen molar-refractivity contribution in [2.45, 2.75) is 26.4 Å². The molecule has 12 heavy (non-hydrogen) atoms. The predicted molar refractivity (Wildman–Crippen MR) is 45.8 cm³/mol. The van der Waals surface area contributed by atoms with E-state index in [0.717, 1.165) is 0 Å². The fraction of sp³-hybridized carbons (Fsp3) is 0.556. The molecule has 0 saturated heterocycles. The van der Waals surface area contributed by atoms with Gasteiger partial charge in [0.1, 0.15) is 12.2 Å². The van der Waals surface area contributed by atoms with Gasteiger partial charge in [0.05, 0.1) is 0 Å². The van der Waals surface area contributed by atoms with Crippen molar-refractivity contribution >= 4 is 0 Å². The molecule has 68 valence electrons. The summed E-state index contributed by atoms with van der Waals surface area (Å²) in [6, 6.07) is 0. The smallest absolute Gasteiger partial charge is 0.200 e. The van der Waals surface area contributed by atoms with E-state index >= 15 is 0 Å². The first-order valence-corrected chi connectivity index (χ1v) is 3.63. The predicted octanol–water partition coefficient (Wildman–Crippen LogP) is 1.85.